The van der Waals surface area contributed by atoms with Crippen LogP contribution in [-0.2, 0) is 11.3 Å². The van der Waals surface area contributed by atoms with Crippen molar-refractivity contribution in [2.45, 2.75) is 13.5 Å². The lowest BCUT2D eigenvalue weighted by Gasteiger charge is -2.10. The van der Waals surface area contributed by atoms with Crippen molar-refractivity contribution in [3.05, 3.63) is 30.0 Å². The van der Waals surface area contributed by atoms with Crippen LogP contribution in [0.4, 0.5) is 0 Å². The van der Waals surface area contributed by atoms with Crippen LogP contribution < -0.4 is 0 Å². The third-order valence-electron chi connectivity index (χ3n) is 2.69. The number of aromatic nitrogens is 2. The largest absolute Gasteiger partial charge is 0.347 e. The van der Waals surface area contributed by atoms with E-state index in [1.807, 2.05) is 31.3 Å². The number of amides is 1. The minimum Gasteiger partial charge on any atom is -0.347 e. The Bertz CT molecular complexity index is 528. The number of benzene rings is 1. The van der Waals surface area contributed by atoms with E-state index in [1.54, 1.807) is 23.7 Å². The van der Waals surface area contributed by atoms with Crippen LogP contribution in [0, 0.1) is 6.92 Å². The number of rotatable bonds is 2. The third kappa shape index (κ3) is 1.78. The first-order valence-corrected chi connectivity index (χ1v) is 5.21. The molecule has 4 heteroatoms. The highest BCUT2D eigenvalue weighted by Crippen LogP contribution is 2.17. The van der Waals surface area contributed by atoms with Gasteiger partial charge in [-0.05, 0) is 18.6 Å². The predicted molar refractivity (Wildman–Crippen MR) is 63.2 cm³/mol. The molecule has 0 aliphatic carbocycles. The zero-order valence-corrected chi connectivity index (χ0v) is 9.77. The van der Waals surface area contributed by atoms with Crippen LogP contribution in [0.5, 0.6) is 0 Å². The van der Waals surface area contributed by atoms with E-state index in [4.69, 9.17) is 0 Å². The average Bonchev–Trinajstić information content (AvgIpc) is 2.63. The van der Waals surface area contributed by atoms with Crippen LogP contribution in [0.1, 0.15) is 5.56 Å². The van der Waals surface area contributed by atoms with Gasteiger partial charge in [-0.25, -0.2) is 0 Å². The molecule has 2 aromatic rings. The van der Waals surface area contributed by atoms with E-state index in [2.05, 4.69) is 5.10 Å². The fraction of sp³-hybridized carbons (Fsp3) is 0.333. The molecule has 0 saturated heterocycles. The van der Waals surface area contributed by atoms with Gasteiger partial charge in [0.25, 0.3) is 0 Å². The zero-order chi connectivity index (χ0) is 11.7. The molecule has 0 aliphatic rings. The van der Waals surface area contributed by atoms with Gasteiger partial charge in [-0.1, -0.05) is 12.1 Å². The van der Waals surface area contributed by atoms with E-state index >= 15 is 0 Å². The normalized spacial score (nSPS) is 10.7. The number of fused-ring (bicyclic) bond motifs is 1. The topological polar surface area (TPSA) is 38.1 Å². The number of carbonyl (C=O) groups excluding carboxylic acids is 1. The van der Waals surface area contributed by atoms with Crippen LogP contribution in [0.15, 0.2) is 24.4 Å². The van der Waals surface area contributed by atoms with Gasteiger partial charge >= 0.3 is 0 Å². The Kier molecular flexibility index (Phi) is 2.64. The van der Waals surface area contributed by atoms with Gasteiger partial charge in [0.05, 0.1) is 11.7 Å². The van der Waals surface area contributed by atoms with Gasteiger partial charge in [0.1, 0.15) is 6.54 Å². The van der Waals surface area contributed by atoms with Crippen molar-refractivity contribution < 1.29 is 4.79 Å². The van der Waals surface area contributed by atoms with E-state index < -0.39 is 0 Å². The molecule has 0 fully saturated rings. The summed E-state index contributed by atoms with van der Waals surface area (Å²) in [4.78, 5) is 13.2. The summed E-state index contributed by atoms with van der Waals surface area (Å²) in [6.45, 7) is 2.34. The van der Waals surface area contributed by atoms with Crippen molar-refractivity contribution in [1.29, 1.82) is 0 Å². The Balaban J connectivity index is 2.39. The monoisotopic (exact) mass is 217 g/mol. The Labute approximate surface area is 94.5 Å². The molecule has 1 aromatic carbocycles. The SMILES string of the molecule is Cc1cccc2c1cnn2CC(=O)N(C)C. The Morgan fingerprint density at radius 1 is 1.44 bits per heavy atom. The molecular formula is C12H15N3O. The van der Waals surface area contributed by atoms with E-state index in [0.29, 0.717) is 6.54 Å². The number of likely N-dealkylation sites (N-methyl/N-ethyl adjacent to an activating group) is 1. The number of aryl methyl sites for hydroxylation is 1. The molecule has 2 rings (SSSR count). The molecule has 1 heterocycles. The van der Waals surface area contributed by atoms with Gasteiger partial charge in [0.15, 0.2) is 0 Å². The van der Waals surface area contributed by atoms with Crippen molar-refractivity contribution >= 4 is 16.8 Å². The maximum Gasteiger partial charge on any atom is 0.243 e. The van der Waals surface area contributed by atoms with E-state index in [9.17, 15) is 4.79 Å². The minimum atomic E-state index is 0.0477. The molecule has 1 amide bonds. The second-order valence-corrected chi connectivity index (χ2v) is 4.10. The van der Waals surface area contributed by atoms with Gasteiger partial charge in [0.2, 0.25) is 5.91 Å². The van der Waals surface area contributed by atoms with Crippen LogP contribution in [0.2, 0.25) is 0 Å². The molecule has 0 spiro atoms. The van der Waals surface area contributed by atoms with Gasteiger partial charge in [-0.3, -0.25) is 9.48 Å². The molecular weight excluding hydrogens is 202 g/mol. The summed E-state index contributed by atoms with van der Waals surface area (Å²) < 4.78 is 1.74. The summed E-state index contributed by atoms with van der Waals surface area (Å²) in [6.07, 6.45) is 1.81. The summed E-state index contributed by atoms with van der Waals surface area (Å²) in [5.41, 5.74) is 2.19. The summed E-state index contributed by atoms with van der Waals surface area (Å²) in [5, 5.41) is 5.35. The molecule has 0 atom stereocenters. The van der Waals surface area contributed by atoms with Crippen LogP contribution >= 0.6 is 0 Å². The minimum absolute atomic E-state index is 0.0477. The van der Waals surface area contributed by atoms with Gasteiger partial charge in [-0.15, -0.1) is 0 Å². The Morgan fingerprint density at radius 3 is 2.88 bits per heavy atom. The Hall–Kier alpha value is -1.84. The first-order valence-electron chi connectivity index (χ1n) is 5.21. The smallest absolute Gasteiger partial charge is 0.243 e. The quantitative estimate of drug-likeness (QED) is 0.763. The summed E-state index contributed by atoms with van der Waals surface area (Å²) in [7, 11) is 3.50. The van der Waals surface area contributed by atoms with Gasteiger partial charge in [0, 0.05) is 19.5 Å². The van der Waals surface area contributed by atoms with Gasteiger partial charge < -0.3 is 4.90 Å². The van der Waals surface area contributed by atoms with Crippen molar-refractivity contribution in [2.75, 3.05) is 14.1 Å². The van der Waals surface area contributed by atoms with Crippen LogP contribution in [0.3, 0.4) is 0 Å². The number of hydrogen-bond acceptors (Lipinski definition) is 2. The van der Waals surface area contributed by atoms with E-state index in [0.717, 1.165) is 10.9 Å². The standard InChI is InChI=1S/C12H15N3O/c1-9-5-4-6-11-10(9)7-13-15(11)8-12(16)14(2)3/h4-7H,8H2,1-3H3. The van der Waals surface area contributed by atoms with Crippen molar-refractivity contribution in [2.24, 2.45) is 0 Å². The third-order valence-corrected chi connectivity index (χ3v) is 2.69. The zero-order valence-electron chi connectivity index (χ0n) is 9.77. The first-order chi connectivity index (χ1) is 7.59. The lowest BCUT2D eigenvalue weighted by Crippen LogP contribution is -2.26. The van der Waals surface area contributed by atoms with E-state index in [-0.39, 0.29) is 5.91 Å². The summed E-state index contributed by atoms with van der Waals surface area (Å²) in [6, 6.07) is 6.01. The Morgan fingerprint density at radius 2 is 2.19 bits per heavy atom. The molecule has 0 saturated carbocycles. The van der Waals surface area contributed by atoms with Crippen LogP contribution in [-0.4, -0.2) is 34.7 Å². The lowest BCUT2D eigenvalue weighted by atomic mass is 10.1. The molecule has 0 bridgehead atoms. The number of nitrogens with zero attached hydrogens (tertiary/aromatic N) is 3. The first kappa shape index (κ1) is 10.7. The molecule has 4 nitrogen and oxygen atoms in total. The fourth-order valence-electron chi connectivity index (χ4n) is 1.64. The highest BCUT2D eigenvalue weighted by atomic mass is 16.2. The highest BCUT2D eigenvalue weighted by Gasteiger charge is 2.09. The highest BCUT2D eigenvalue weighted by molar-refractivity contribution is 5.84. The predicted octanol–water partition coefficient (Wildman–Crippen LogP) is 1.43. The van der Waals surface area contributed by atoms with Crippen molar-refractivity contribution in [1.82, 2.24) is 14.7 Å². The second kappa shape index (κ2) is 3.96. The molecule has 0 N–H and O–H groups in total. The summed E-state index contributed by atoms with van der Waals surface area (Å²) >= 11 is 0. The molecule has 0 unspecified atom stereocenters. The molecule has 16 heavy (non-hydrogen) atoms. The lowest BCUT2D eigenvalue weighted by molar-refractivity contribution is -0.129. The van der Waals surface area contributed by atoms with Gasteiger partial charge in [-0.2, -0.15) is 5.10 Å². The fourth-order valence-corrected chi connectivity index (χ4v) is 1.64. The van der Waals surface area contributed by atoms with Crippen molar-refractivity contribution in [3.8, 4) is 0 Å². The van der Waals surface area contributed by atoms with Crippen LogP contribution in [0.25, 0.3) is 10.9 Å². The maximum absolute atomic E-state index is 11.6. The van der Waals surface area contributed by atoms with Crippen molar-refractivity contribution in [3.63, 3.8) is 0 Å². The summed E-state index contributed by atoms with van der Waals surface area (Å²) in [5.74, 6) is 0.0477. The second-order valence-electron chi connectivity index (χ2n) is 4.10. The molecule has 1 aromatic heterocycles. The van der Waals surface area contributed by atoms with E-state index in [1.165, 1.54) is 5.56 Å². The number of hydrogen-bond donors (Lipinski definition) is 0. The molecule has 0 aliphatic heterocycles. The maximum atomic E-state index is 11.6. The molecule has 0 radical (unpaired) electrons. The molecule has 84 valence electrons. The average molecular weight is 217 g/mol. The number of carbonyl (C=O) groups is 1.